The van der Waals surface area contributed by atoms with Crippen LogP contribution in [0.1, 0.15) is 40.2 Å². The second-order valence-corrected chi connectivity index (χ2v) is 6.72. The number of carbonyl (C=O) groups excluding carboxylic acids is 1. The van der Waals surface area contributed by atoms with Gasteiger partial charge in [-0.2, -0.15) is 8.78 Å². The Hall–Kier alpha value is -2.15. The summed E-state index contributed by atoms with van der Waals surface area (Å²) in [6.07, 6.45) is 1.65. The van der Waals surface area contributed by atoms with Crippen molar-refractivity contribution in [3.05, 3.63) is 45.6 Å². The van der Waals surface area contributed by atoms with Crippen molar-refractivity contribution in [1.29, 1.82) is 0 Å². The van der Waals surface area contributed by atoms with E-state index < -0.39 is 6.61 Å². The van der Waals surface area contributed by atoms with E-state index in [9.17, 15) is 13.6 Å². The monoisotopic (exact) mass is 367 g/mol. The lowest BCUT2D eigenvalue weighted by Gasteiger charge is -2.35. The quantitative estimate of drug-likeness (QED) is 0.781. The largest absolute Gasteiger partial charge is 0.493 e. The molecule has 0 aliphatic carbocycles. The standard InChI is InChI=1S/C18H19F2NO3S/c1-3-13-12-7-9-25-16(12)6-8-21(13)17(22)11-4-5-14(24-18(19)20)15(10-11)23-2/h4-5,7,9-10,13,18H,3,6,8H2,1-2H3. The lowest BCUT2D eigenvalue weighted by Crippen LogP contribution is -2.39. The first-order chi connectivity index (χ1) is 12.0. The van der Waals surface area contributed by atoms with Gasteiger partial charge in [0.15, 0.2) is 11.5 Å². The number of alkyl halides is 2. The molecule has 0 N–H and O–H groups in total. The van der Waals surface area contributed by atoms with E-state index in [4.69, 9.17) is 4.74 Å². The van der Waals surface area contributed by atoms with Crippen molar-refractivity contribution in [2.24, 2.45) is 0 Å². The van der Waals surface area contributed by atoms with Gasteiger partial charge in [-0.05, 0) is 48.1 Å². The Bertz CT molecular complexity index is 763. The Kier molecular flexibility index (Phi) is 5.22. The van der Waals surface area contributed by atoms with Crippen LogP contribution in [0.15, 0.2) is 29.6 Å². The highest BCUT2D eigenvalue weighted by Crippen LogP contribution is 2.37. The maximum Gasteiger partial charge on any atom is 0.387 e. The maximum absolute atomic E-state index is 13.0. The minimum absolute atomic E-state index is 0.0329. The van der Waals surface area contributed by atoms with Crippen molar-refractivity contribution in [2.75, 3.05) is 13.7 Å². The van der Waals surface area contributed by atoms with Gasteiger partial charge in [0.1, 0.15) is 0 Å². The molecular weight excluding hydrogens is 348 g/mol. The fourth-order valence-electron chi connectivity index (χ4n) is 3.24. The Morgan fingerprint density at radius 2 is 2.16 bits per heavy atom. The molecule has 0 fully saturated rings. The van der Waals surface area contributed by atoms with Gasteiger partial charge >= 0.3 is 6.61 Å². The van der Waals surface area contributed by atoms with E-state index in [0.29, 0.717) is 12.1 Å². The van der Waals surface area contributed by atoms with Gasteiger partial charge in [-0.3, -0.25) is 4.79 Å². The number of ether oxygens (including phenoxy) is 2. The zero-order valence-corrected chi connectivity index (χ0v) is 14.8. The van der Waals surface area contributed by atoms with Crippen LogP contribution in [0.4, 0.5) is 8.78 Å². The van der Waals surface area contributed by atoms with Gasteiger partial charge in [0.25, 0.3) is 5.91 Å². The normalized spacial score (nSPS) is 16.7. The number of amides is 1. The molecule has 25 heavy (non-hydrogen) atoms. The molecule has 1 atom stereocenters. The predicted octanol–water partition coefficient (Wildman–Crippen LogP) is 4.51. The van der Waals surface area contributed by atoms with Gasteiger partial charge < -0.3 is 14.4 Å². The van der Waals surface area contributed by atoms with Gasteiger partial charge in [0.2, 0.25) is 0 Å². The van der Waals surface area contributed by atoms with Crippen molar-refractivity contribution in [1.82, 2.24) is 4.90 Å². The van der Waals surface area contributed by atoms with Crippen LogP contribution in [0.3, 0.4) is 0 Å². The number of hydrogen-bond donors (Lipinski definition) is 0. The SMILES string of the molecule is CCC1c2ccsc2CCN1C(=O)c1ccc(OC(F)F)c(OC)c1. The maximum atomic E-state index is 13.0. The first-order valence-corrected chi connectivity index (χ1v) is 8.93. The molecule has 134 valence electrons. The third-order valence-corrected chi connectivity index (χ3v) is 5.37. The van der Waals surface area contributed by atoms with Gasteiger partial charge in [-0.1, -0.05) is 6.92 Å². The summed E-state index contributed by atoms with van der Waals surface area (Å²) in [6.45, 7) is -0.251. The van der Waals surface area contributed by atoms with Crippen LogP contribution in [0.5, 0.6) is 11.5 Å². The zero-order valence-electron chi connectivity index (χ0n) is 14.0. The Balaban J connectivity index is 1.88. The molecule has 0 saturated heterocycles. The number of rotatable bonds is 5. The predicted molar refractivity (Wildman–Crippen MR) is 91.7 cm³/mol. The van der Waals surface area contributed by atoms with Gasteiger partial charge in [-0.25, -0.2) is 0 Å². The summed E-state index contributed by atoms with van der Waals surface area (Å²) in [5.41, 5.74) is 1.60. The lowest BCUT2D eigenvalue weighted by molar-refractivity contribution is -0.0512. The second kappa shape index (κ2) is 7.39. The van der Waals surface area contributed by atoms with Gasteiger partial charge in [-0.15, -0.1) is 11.3 Å². The van der Waals surface area contributed by atoms with Crippen LogP contribution in [-0.4, -0.2) is 31.1 Å². The number of carbonyl (C=O) groups is 1. The van der Waals surface area contributed by atoms with Crippen molar-refractivity contribution < 1.29 is 23.0 Å². The zero-order chi connectivity index (χ0) is 18.0. The van der Waals surface area contributed by atoms with Crippen LogP contribution < -0.4 is 9.47 Å². The smallest absolute Gasteiger partial charge is 0.387 e. The summed E-state index contributed by atoms with van der Waals surface area (Å²) in [7, 11) is 1.36. The van der Waals surface area contributed by atoms with Crippen molar-refractivity contribution in [3.63, 3.8) is 0 Å². The molecule has 0 bridgehead atoms. The summed E-state index contributed by atoms with van der Waals surface area (Å²) < 4.78 is 34.4. The van der Waals surface area contributed by atoms with Gasteiger partial charge in [0.05, 0.1) is 13.2 Å². The van der Waals surface area contributed by atoms with Crippen LogP contribution in [0.25, 0.3) is 0 Å². The second-order valence-electron chi connectivity index (χ2n) is 5.72. The van der Waals surface area contributed by atoms with Gasteiger partial charge in [0, 0.05) is 17.0 Å². The van der Waals surface area contributed by atoms with E-state index in [1.165, 1.54) is 35.7 Å². The minimum atomic E-state index is -2.95. The molecule has 1 amide bonds. The molecule has 1 aliphatic rings. The fourth-order valence-corrected chi connectivity index (χ4v) is 4.17. The summed E-state index contributed by atoms with van der Waals surface area (Å²) in [5.74, 6) is -0.0992. The van der Waals surface area contributed by atoms with E-state index in [2.05, 4.69) is 23.1 Å². The molecule has 4 nitrogen and oxygen atoms in total. The summed E-state index contributed by atoms with van der Waals surface area (Å²) in [6, 6.07) is 6.41. The number of fused-ring (bicyclic) bond motifs is 1. The minimum Gasteiger partial charge on any atom is -0.493 e. The number of methoxy groups -OCH3 is 1. The molecule has 1 aromatic heterocycles. The van der Waals surface area contributed by atoms with Crippen molar-refractivity contribution in [2.45, 2.75) is 32.4 Å². The van der Waals surface area contributed by atoms with Crippen LogP contribution in [0.2, 0.25) is 0 Å². The average molecular weight is 367 g/mol. The van der Waals surface area contributed by atoms with Crippen LogP contribution in [-0.2, 0) is 6.42 Å². The molecule has 0 spiro atoms. The Labute approximate surface area is 149 Å². The summed E-state index contributed by atoms with van der Waals surface area (Å²) in [5, 5.41) is 2.06. The van der Waals surface area contributed by atoms with Crippen molar-refractivity contribution in [3.8, 4) is 11.5 Å². The average Bonchev–Trinajstić information content (AvgIpc) is 3.08. The number of halogens is 2. The molecule has 7 heteroatoms. The van der Waals surface area contributed by atoms with E-state index in [1.54, 1.807) is 11.3 Å². The third-order valence-electron chi connectivity index (χ3n) is 4.37. The van der Waals surface area contributed by atoms with E-state index in [-0.39, 0.29) is 23.4 Å². The highest BCUT2D eigenvalue weighted by molar-refractivity contribution is 7.10. The highest BCUT2D eigenvalue weighted by Gasteiger charge is 2.31. The van der Waals surface area contributed by atoms with Crippen molar-refractivity contribution >= 4 is 17.2 Å². The molecule has 0 radical (unpaired) electrons. The number of nitrogens with zero attached hydrogens (tertiary/aromatic N) is 1. The Morgan fingerprint density at radius 1 is 1.36 bits per heavy atom. The summed E-state index contributed by atoms with van der Waals surface area (Å²) in [4.78, 5) is 16.2. The Morgan fingerprint density at radius 3 is 2.84 bits per heavy atom. The molecule has 0 saturated carbocycles. The topological polar surface area (TPSA) is 38.8 Å². The molecule has 3 rings (SSSR count). The highest BCUT2D eigenvalue weighted by atomic mass is 32.1. The molecular formula is C18H19F2NO3S. The molecule has 1 aromatic carbocycles. The van der Waals surface area contributed by atoms with Crippen LogP contribution in [0, 0.1) is 0 Å². The van der Waals surface area contributed by atoms with Crippen LogP contribution >= 0.6 is 11.3 Å². The first kappa shape index (κ1) is 17.7. The molecule has 1 unspecified atom stereocenters. The van der Waals surface area contributed by atoms with E-state index in [1.807, 2.05) is 4.90 Å². The van der Waals surface area contributed by atoms with E-state index >= 15 is 0 Å². The lowest BCUT2D eigenvalue weighted by atomic mass is 9.97. The first-order valence-electron chi connectivity index (χ1n) is 8.05. The van der Waals surface area contributed by atoms with E-state index in [0.717, 1.165) is 12.8 Å². The molecule has 1 aliphatic heterocycles. The molecule has 2 aromatic rings. The third kappa shape index (κ3) is 3.46. The number of benzene rings is 1. The number of thiophene rings is 1. The fraction of sp³-hybridized carbons (Fsp3) is 0.389. The number of hydrogen-bond acceptors (Lipinski definition) is 4. The summed E-state index contributed by atoms with van der Waals surface area (Å²) >= 11 is 1.72. The molecule has 2 heterocycles.